The quantitative estimate of drug-likeness (QED) is 0.741. The number of ketones is 1. The molecule has 1 aliphatic rings. The zero-order chi connectivity index (χ0) is 16.3. The maximum atomic E-state index is 12.9. The molecule has 1 aliphatic heterocycles. The fourth-order valence-corrected chi connectivity index (χ4v) is 4.76. The minimum absolute atomic E-state index is 0.0382. The maximum Gasteiger partial charge on any atom is 0.332 e. The van der Waals surface area contributed by atoms with Crippen molar-refractivity contribution in [2.45, 2.75) is 39.9 Å². The monoisotopic (exact) mass is 326 g/mol. The van der Waals surface area contributed by atoms with Gasteiger partial charge in [0.25, 0.3) is 0 Å². The van der Waals surface area contributed by atoms with E-state index >= 15 is 0 Å². The Labute approximate surface area is 131 Å². The molecule has 6 heteroatoms. The molecule has 1 atom stereocenters. The van der Waals surface area contributed by atoms with E-state index in [1.165, 1.54) is 0 Å². The van der Waals surface area contributed by atoms with Crippen molar-refractivity contribution in [2.75, 3.05) is 12.8 Å². The van der Waals surface area contributed by atoms with Crippen molar-refractivity contribution in [3.8, 4) is 5.75 Å². The van der Waals surface area contributed by atoms with Crippen LogP contribution >= 0.6 is 7.60 Å². The van der Waals surface area contributed by atoms with E-state index in [0.717, 1.165) is 0 Å². The number of fused-ring (bicyclic) bond motifs is 1. The lowest BCUT2D eigenvalue weighted by Crippen LogP contribution is -2.31. The molecule has 0 amide bonds. The summed E-state index contributed by atoms with van der Waals surface area (Å²) >= 11 is 0. The number of hydrogen-bond donors (Lipinski definition) is 0. The van der Waals surface area contributed by atoms with Gasteiger partial charge in [-0.1, -0.05) is 12.1 Å². The Kier molecular flexibility index (Phi) is 5.43. The summed E-state index contributed by atoms with van der Waals surface area (Å²) in [7, 11) is -3.35. The molecule has 2 rings (SSSR count). The average molecular weight is 326 g/mol. The number of ether oxygens (including phenoxy) is 1. The van der Waals surface area contributed by atoms with E-state index in [1.54, 1.807) is 45.9 Å². The normalized spacial score (nSPS) is 18.5. The summed E-state index contributed by atoms with van der Waals surface area (Å²) in [6.45, 7) is 7.38. The maximum absolute atomic E-state index is 12.9. The number of carbonyl (C=O) groups is 1. The van der Waals surface area contributed by atoms with Gasteiger partial charge in [0, 0.05) is 0 Å². The molecule has 0 saturated carbocycles. The van der Waals surface area contributed by atoms with E-state index in [0.29, 0.717) is 11.3 Å². The molecule has 0 bridgehead atoms. The Morgan fingerprint density at radius 2 is 1.77 bits per heavy atom. The van der Waals surface area contributed by atoms with Gasteiger partial charge >= 0.3 is 7.60 Å². The van der Waals surface area contributed by atoms with Crippen LogP contribution in [0.1, 0.15) is 38.1 Å². The molecule has 0 N–H and O–H groups in total. The van der Waals surface area contributed by atoms with Crippen LogP contribution in [0.4, 0.5) is 0 Å². The second-order valence-electron chi connectivity index (χ2n) is 5.97. The molecule has 1 aromatic carbocycles. The number of benzene rings is 1. The number of rotatable bonds is 6. The summed E-state index contributed by atoms with van der Waals surface area (Å²) in [5, 5.41) is 0. The lowest BCUT2D eigenvalue weighted by atomic mass is 9.97. The van der Waals surface area contributed by atoms with Gasteiger partial charge in [-0.05, 0) is 39.8 Å². The number of para-hydroxylation sites is 1. The van der Waals surface area contributed by atoms with E-state index < -0.39 is 13.5 Å². The zero-order valence-electron chi connectivity index (χ0n) is 13.4. The van der Waals surface area contributed by atoms with Crippen LogP contribution in [0.3, 0.4) is 0 Å². The standard InChI is InChI=1S/C16H23O5P/c1-11(2)20-22(18,21-12(3)4)10-13-9-19-15-8-6-5-7-14(15)16(13)17/h5-8,11-13H,9-10H2,1-4H3. The number of hydrogen-bond acceptors (Lipinski definition) is 5. The van der Waals surface area contributed by atoms with Crippen molar-refractivity contribution in [2.24, 2.45) is 5.92 Å². The van der Waals surface area contributed by atoms with E-state index in [1.807, 2.05) is 6.07 Å². The summed E-state index contributed by atoms with van der Waals surface area (Å²) in [5.41, 5.74) is 0.527. The van der Waals surface area contributed by atoms with Crippen LogP contribution in [0.2, 0.25) is 0 Å². The van der Waals surface area contributed by atoms with Crippen LogP contribution in [-0.2, 0) is 13.6 Å². The van der Waals surface area contributed by atoms with Gasteiger partial charge in [0.05, 0.1) is 36.5 Å². The first-order valence-corrected chi connectivity index (χ1v) is 9.25. The predicted octanol–water partition coefficient (Wildman–Crippen LogP) is 3.92. The molecule has 122 valence electrons. The number of carbonyl (C=O) groups excluding carboxylic acids is 1. The fraction of sp³-hybridized carbons (Fsp3) is 0.562. The smallest absolute Gasteiger partial charge is 0.332 e. The molecule has 0 aliphatic carbocycles. The summed E-state index contributed by atoms with van der Waals surface area (Å²) in [6.07, 6.45) is -0.441. The van der Waals surface area contributed by atoms with E-state index in [9.17, 15) is 9.36 Å². The van der Waals surface area contributed by atoms with E-state index in [2.05, 4.69) is 0 Å². The summed E-state index contributed by atoms with van der Waals surface area (Å²) in [4.78, 5) is 12.6. The lowest BCUT2D eigenvalue weighted by molar-refractivity contribution is 0.0825. The van der Waals surface area contributed by atoms with Gasteiger partial charge in [0.15, 0.2) is 5.78 Å². The third-order valence-electron chi connectivity index (χ3n) is 3.15. The van der Waals surface area contributed by atoms with Crippen molar-refractivity contribution in [1.29, 1.82) is 0 Å². The summed E-state index contributed by atoms with van der Waals surface area (Å²) in [5.74, 6) is -0.00633. The van der Waals surface area contributed by atoms with Gasteiger partial charge in [-0.3, -0.25) is 9.36 Å². The van der Waals surface area contributed by atoms with Crippen LogP contribution in [-0.4, -0.2) is 30.8 Å². The largest absolute Gasteiger partial charge is 0.492 e. The van der Waals surface area contributed by atoms with Crippen LogP contribution < -0.4 is 4.74 Å². The number of Topliss-reactive ketones (excluding diaryl/α,β-unsaturated/α-hetero) is 1. The minimum Gasteiger partial charge on any atom is -0.492 e. The van der Waals surface area contributed by atoms with Crippen LogP contribution in [0.5, 0.6) is 5.75 Å². The third kappa shape index (κ3) is 4.19. The van der Waals surface area contributed by atoms with Gasteiger partial charge < -0.3 is 13.8 Å². The van der Waals surface area contributed by atoms with Gasteiger partial charge in [0.2, 0.25) is 0 Å². The zero-order valence-corrected chi connectivity index (χ0v) is 14.3. The van der Waals surface area contributed by atoms with Crippen molar-refractivity contribution >= 4 is 13.4 Å². The molecule has 1 heterocycles. The molecule has 1 aromatic rings. The Morgan fingerprint density at radius 1 is 1.18 bits per heavy atom. The van der Waals surface area contributed by atoms with E-state index in [4.69, 9.17) is 13.8 Å². The first-order valence-electron chi connectivity index (χ1n) is 7.52. The molecule has 0 spiro atoms. The third-order valence-corrected chi connectivity index (χ3v) is 5.52. The Morgan fingerprint density at radius 3 is 2.36 bits per heavy atom. The van der Waals surface area contributed by atoms with Crippen molar-refractivity contribution in [1.82, 2.24) is 0 Å². The second-order valence-corrected chi connectivity index (χ2v) is 7.98. The van der Waals surface area contributed by atoms with Crippen LogP contribution in [0.25, 0.3) is 0 Å². The van der Waals surface area contributed by atoms with Crippen LogP contribution in [0, 0.1) is 5.92 Å². The first kappa shape index (κ1) is 17.2. The average Bonchev–Trinajstić information content (AvgIpc) is 2.40. The highest BCUT2D eigenvalue weighted by Crippen LogP contribution is 2.52. The molecule has 5 nitrogen and oxygen atoms in total. The van der Waals surface area contributed by atoms with Crippen LogP contribution in [0.15, 0.2) is 24.3 Å². The van der Waals surface area contributed by atoms with Gasteiger partial charge in [-0.25, -0.2) is 0 Å². The van der Waals surface area contributed by atoms with Gasteiger partial charge in [0.1, 0.15) is 5.75 Å². The minimum atomic E-state index is -3.35. The highest BCUT2D eigenvalue weighted by molar-refractivity contribution is 7.53. The molecule has 22 heavy (non-hydrogen) atoms. The van der Waals surface area contributed by atoms with E-state index in [-0.39, 0.29) is 30.8 Å². The Hall–Kier alpha value is -1.16. The molecular formula is C16H23O5P. The van der Waals surface area contributed by atoms with Crippen molar-refractivity contribution < 1.29 is 23.1 Å². The highest BCUT2D eigenvalue weighted by atomic mass is 31.2. The second kappa shape index (κ2) is 6.95. The van der Waals surface area contributed by atoms with Crippen molar-refractivity contribution in [3.05, 3.63) is 29.8 Å². The topological polar surface area (TPSA) is 61.8 Å². The molecule has 1 unspecified atom stereocenters. The van der Waals surface area contributed by atoms with Crippen molar-refractivity contribution in [3.63, 3.8) is 0 Å². The molecular weight excluding hydrogens is 303 g/mol. The lowest BCUT2D eigenvalue weighted by Gasteiger charge is -2.28. The SMILES string of the molecule is CC(C)OP(=O)(CC1COc2ccccc2C1=O)OC(C)C. The summed E-state index contributed by atoms with van der Waals surface area (Å²) < 4.78 is 29.5. The Balaban J connectivity index is 2.17. The highest BCUT2D eigenvalue weighted by Gasteiger charge is 2.38. The van der Waals surface area contributed by atoms with Gasteiger partial charge in [-0.15, -0.1) is 0 Å². The molecule has 0 radical (unpaired) electrons. The Bertz CT molecular complexity index is 568. The summed E-state index contributed by atoms with van der Waals surface area (Å²) in [6, 6.07) is 7.10. The molecule has 0 aromatic heterocycles. The fourth-order valence-electron chi connectivity index (χ4n) is 2.44. The molecule has 0 fully saturated rings. The molecule has 0 saturated heterocycles. The predicted molar refractivity (Wildman–Crippen MR) is 84.7 cm³/mol. The first-order chi connectivity index (χ1) is 10.3. The van der Waals surface area contributed by atoms with Gasteiger partial charge in [-0.2, -0.15) is 0 Å².